The highest BCUT2D eigenvalue weighted by atomic mass is 32.2. The molecule has 0 atom stereocenters. The molecular formula is C24H28N4O3S. The van der Waals surface area contributed by atoms with Crippen LogP contribution >= 0.6 is 11.8 Å². The van der Waals surface area contributed by atoms with Crippen molar-refractivity contribution >= 4 is 17.7 Å². The van der Waals surface area contributed by atoms with Gasteiger partial charge in [-0.2, -0.15) is 0 Å². The SMILES string of the molecule is COc1ccc(-n2c(SCC(=O)NC3CCCCC3)nnc2-c2ccccc2OC)cc1. The lowest BCUT2D eigenvalue weighted by molar-refractivity contribution is -0.119. The fraction of sp³-hybridized carbons (Fsp3) is 0.375. The smallest absolute Gasteiger partial charge is 0.230 e. The maximum atomic E-state index is 12.6. The monoisotopic (exact) mass is 452 g/mol. The van der Waals surface area contributed by atoms with Crippen molar-refractivity contribution in [2.24, 2.45) is 0 Å². The fourth-order valence-electron chi connectivity index (χ4n) is 3.98. The van der Waals surface area contributed by atoms with E-state index in [0.29, 0.717) is 22.8 Å². The number of carbonyl (C=O) groups excluding carboxylic acids is 1. The number of aromatic nitrogens is 3. The van der Waals surface area contributed by atoms with Gasteiger partial charge in [-0.1, -0.05) is 43.2 Å². The van der Waals surface area contributed by atoms with E-state index in [4.69, 9.17) is 9.47 Å². The highest BCUT2D eigenvalue weighted by Crippen LogP contribution is 2.33. The van der Waals surface area contributed by atoms with Gasteiger partial charge in [0.05, 0.1) is 31.2 Å². The zero-order valence-electron chi connectivity index (χ0n) is 18.4. The molecule has 2 aromatic carbocycles. The summed E-state index contributed by atoms with van der Waals surface area (Å²) in [6, 6.07) is 15.7. The van der Waals surface area contributed by atoms with Crippen LogP contribution in [0.5, 0.6) is 11.5 Å². The molecule has 0 aliphatic heterocycles. The van der Waals surface area contributed by atoms with Gasteiger partial charge in [0, 0.05) is 6.04 Å². The third-order valence-corrected chi connectivity index (χ3v) is 6.54. The van der Waals surface area contributed by atoms with Gasteiger partial charge in [-0.25, -0.2) is 0 Å². The summed E-state index contributed by atoms with van der Waals surface area (Å²) in [4.78, 5) is 12.6. The Bertz CT molecular complexity index is 1050. The number of ether oxygens (including phenoxy) is 2. The van der Waals surface area contributed by atoms with Gasteiger partial charge < -0.3 is 14.8 Å². The van der Waals surface area contributed by atoms with Crippen molar-refractivity contribution in [3.63, 3.8) is 0 Å². The molecule has 0 spiro atoms. The van der Waals surface area contributed by atoms with Gasteiger partial charge >= 0.3 is 0 Å². The Morgan fingerprint density at radius 2 is 1.78 bits per heavy atom. The molecule has 1 amide bonds. The standard InChI is InChI=1S/C24H28N4O3S/c1-30-19-14-12-18(13-15-19)28-23(20-10-6-7-11-21(20)31-2)26-27-24(28)32-16-22(29)25-17-8-4-3-5-9-17/h6-7,10-15,17H,3-5,8-9,16H2,1-2H3,(H,25,29). The Morgan fingerprint density at radius 3 is 2.50 bits per heavy atom. The van der Waals surface area contributed by atoms with Gasteiger partial charge in [0.25, 0.3) is 0 Å². The van der Waals surface area contributed by atoms with Crippen molar-refractivity contribution in [2.45, 2.75) is 43.3 Å². The first-order valence-corrected chi connectivity index (χ1v) is 11.8. The van der Waals surface area contributed by atoms with Crippen LogP contribution in [0.15, 0.2) is 53.7 Å². The molecule has 1 aliphatic carbocycles. The quantitative estimate of drug-likeness (QED) is 0.507. The zero-order chi connectivity index (χ0) is 22.3. The molecule has 0 unspecified atom stereocenters. The molecule has 0 bridgehead atoms. The number of methoxy groups -OCH3 is 2. The van der Waals surface area contributed by atoms with Crippen molar-refractivity contribution < 1.29 is 14.3 Å². The number of hydrogen-bond donors (Lipinski definition) is 1. The highest BCUT2D eigenvalue weighted by Gasteiger charge is 2.21. The Kier molecular flexibility index (Phi) is 7.32. The molecule has 1 N–H and O–H groups in total. The molecular weight excluding hydrogens is 424 g/mol. The summed E-state index contributed by atoms with van der Waals surface area (Å²) in [5.41, 5.74) is 1.71. The summed E-state index contributed by atoms with van der Waals surface area (Å²) in [5, 5.41) is 12.7. The molecule has 0 radical (unpaired) electrons. The second kappa shape index (κ2) is 10.5. The normalized spacial score (nSPS) is 14.2. The highest BCUT2D eigenvalue weighted by molar-refractivity contribution is 7.99. The van der Waals surface area contributed by atoms with E-state index in [0.717, 1.165) is 29.8 Å². The topological polar surface area (TPSA) is 78.3 Å². The molecule has 3 aromatic rings. The first-order valence-electron chi connectivity index (χ1n) is 10.8. The Morgan fingerprint density at radius 1 is 1.03 bits per heavy atom. The number of amides is 1. The molecule has 4 rings (SSSR count). The third-order valence-electron chi connectivity index (χ3n) is 5.61. The summed E-state index contributed by atoms with van der Waals surface area (Å²) in [5.74, 6) is 2.45. The Labute approximate surface area is 192 Å². The molecule has 1 aliphatic rings. The Hall–Kier alpha value is -3.00. The van der Waals surface area contributed by atoms with E-state index >= 15 is 0 Å². The molecule has 0 saturated heterocycles. The van der Waals surface area contributed by atoms with E-state index < -0.39 is 0 Å². The third kappa shape index (κ3) is 5.07. The fourth-order valence-corrected chi connectivity index (χ4v) is 4.74. The maximum Gasteiger partial charge on any atom is 0.230 e. The number of thioether (sulfide) groups is 1. The minimum Gasteiger partial charge on any atom is -0.497 e. The van der Waals surface area contributed by atoms with Gasteiger partial charge in [0.2, 0.25) is 5.91 Å². The average molecular weight is 453 g/mol. The lowest BCUT2D eigenvalue weighted by atomic mass is 9.95. The van der Waals surface area contributed by atoms with Crippen molar-refractivity contribution in [1.82, 2.24) is 20.1 Å². The van der Waals surface area contributed by atoms with E-state index in [1.165, 1.54) is 31.0 Å². The van der Waals surface area contributed by atoms with E-state index in [1.54, 1.807) is 14.2 Å². The number of nitrogens with one attached hydrogen (secondary N) is 1. The van der Waals surface area contributed by atoms with Gasteiger partial charge in [0.15, 0.2) is 11.0 Å². The molecule has 1 fully saturated rings. The molecule has 1 saturated carbocycles. The molecule has 1 heterocycles. The molecule has 168 valence electrons. The number of carbonyl (C=O) groups is 1. The van der Waals surface area contributed by atoms with Gasteiger partial charge in [-0.05, 0) is 49.2 Å². The van der Waals surface area contributed by atoms with Crippen LogP contribution in [0.25, 0.3) is 17.1 Å². The summed E-state index contributed by atoms with van der Waals surface area (Å²) >= 11 is 1.38. The van der Waals surface area contributed by atoms with Gasteiger partial charge in [-0.15, -0.1) is 10.2 Å². The minimum atomic E-state index is 0.0324. The van der Waals surface area contributed by atoms with Crippen LogP contribution in [0, 0.1) is 0 Å². The second-order valence-corrected chi connectivity index (χ2v) is 8.67. The van der Waals surface area contributed by atoms with Crippen molar-refractivity contribution in [3.05, 3.63) is 48.5 Å². The van der Waals surface area contributed by atoms with Crippen molar-refractivity contribution in [1.29, 1.82) is 0 Å². The van der Waals surface area contributed by atoms with Crippen LogP contribution in [0.4, 0.5) is 0 Å². The molecule has 1 aromatic heterocycles. The maximum absolute atomic E-state index is 12.6. The van der Waals surface area contributed by atoms with E-state index in [-0.39, 0.29) is 11.7 Å². The summed E-state index contributed by atoms with van der Waals surface area (Å²) in [7, 11) is 3.28. The van der Waals surface area contributed by atoms with Crippen LogP contribution in [0.2, 0.25) is 0 Å². The second-order valence-electron chi connectivity index (χ2n) is 7.73. The van der Waals surface area contributed by atoms with Gasteiger partial charge in [-0.3, -0.25) is 9.36 Å². The van der Waals surface area contributed by atoms with E-state index in [9.17, 15) is 4.79 Å². The van der Waals surface area contributed by atoms with Crippen LogP contribution in [-0.4, -0.2) is 46.7 Å². The lowest BCUT2D eigenvalue weighted by Crippen LogP contribution is -2.37. The first kappa shape index (κ1) is 22.2. The minimum absolute atomic E-state index is 0.0324. The van der Waals surface area contributed by atoms with E-state index in [1.807, 2.05) is 53.1 Å². The van der Waals surface area contributed by atoms with Crippen LogP contribution in [0.3, 0.4) is 0 Å². The summed E-state index contributed by atoms with van der Waals surface area (Å²) < 4.78 is 12.8. The Balaban J connectivity index is 1.61. The number of hydrogen-bond acceptors (Lipinski definition) is 6. The molecule has 8 heteroatoms. The molecule has 7 nitrogen and oxygen atoms in total. The number of nitrogens with zero attached hydrogens (tertiary/aromatic N) is 3. The van der Waals surface area contributed by atoms with Gasteiger partial charge in [0.1, 0.15) is 11.5 Å². The zero-order valence-corrected chi connectivity index (χ0v) is 19.2. The van der Waals surface area contributed by atoms with Crippen LogP contribution in [-0.2, 0) is 4.79 Å². The van der Waals surface area contributed by atoms with Crippen LogP contribution in [0.1, 0.15) is 32.1 Å². The lowest BCUT2D eigenvalue weighted by Gasteiger charge is -2.22. The van der Waals surface area contributed by atoms with E-state index in [2.05, 4.69) is 15.5 Å². The average Bonchev–Trinajstić information content (AvgIpc) is 3.27. The number of benzene rings is 2. The molecule has 32 heavy (non-hydrogen) atoms. The summed E-state index contributed by atoms with van der Waals surface area (Å²) in [6.07, 6.45) is 5.77. The van der Waals surface area contributed by atoms with Crippen molar-refractivity contribution in [3.8, 4) is 28.6 Å². The largest absolute Gasteiger partial charge is 0.497 e. The first-order chi connectivity index (χ1) is 15.7. The van der Waals surface area contributed by atoms with Crippen molar-refractivity contribution in [2.75, 3.05) is 20.0 Å². The summed E-state index contributed by atoms with van der Waals surface area (Å²) in [6.45, 7) is 0. The number of para-hydroxylation sites is 1. The number of rotatable bonds is 8. The predicted octanol–water partition coefficient (Wildman–Crippen LogP) is 4.49. The predicted molar refractivity (Wildman–Crippen MR) is 126 cm³/mol. The van der Waals surface area contributed by atoms with Crippen LogP contribution < -0.4 is 14.8 Å².